The summed E-state index contributed by atoms with van der Waals surface area (Å²) in [6.07, 6.45) is 0. The van der Waals surface area contributed by atoms with Crippen molar-refractivity contribution in [2.45, 2.75) is 13.8 Å². The Bertz CT molecular complexity index is 710. The van der Waals surface area contributed by atoms with E-state index in [2.05, 4.69) is 9.88 Å². The molecule has 1 aromatic heterocycles. The summed E-state index contributed by atoms with van der Waals surface area (Å²) in [5, 5.41) is 1.05. The van der Waals surface area contributed by atoms with Crippen LogP contribution in [0.15, 0.2) is 30.3 Å². The zero-order valence-corrected chi connectivity index (χ0v) is 15.0. The van der Waals surface area contributed by atoms with E-state index in [-0.39, 0.29) is 11.8 Å². The number of aromatic nitrogens is 1. The number of aromatic amines is 1. The summed E-state index contributed by atoms with van der Waals surface area (Å²) < 4.78 is 0. The number of benzene rings is 1. The molecule has 1 aliphatic heterocycles. The molecule has 0 atom stereocenters. The first-order valence-electron chi connectivity index (χ1n) is 8.99. The average molecular weight is 342 g/mol. The monoisotopic (exact) mass is 342 g/mol. The van der Waals surface area contributed by atoms with E-state index in [1.54, 1.807) is 0 Å². The average Bonchev–Trinajstić information content (AvgIpc) is 3.07. The largest absolute Gasteiger partial charge is 0.351 e. The van der Waals surface area contributed by atoms with Gasteiger partial charge in [0.25, 0.3) is 5.91 Å². The molecule has 1 saturated heterocycles. The number of fused-ring (bicyclic) bond motifs is 1. The van der Waals surface area contributed by atoms with Crippen LogP contribution >= 0.6 is 0 Å². The summed E-state index contributed by atoms with van der Waals surface area (Å²) in [5.41, 5.74) is 1.61. The van der Waals surface area contributed by atoms with Crippen molar-refractivity contribution in [1.82, 2.24) is 19.7 Å². The Balaban J connectivity index is 1.56. The number of hydrogen-bond donors (Lipinski definition) is 1. The van der Waals surface area contributed by atoms with Gasteiger partial charge in [-0.05, 0) is 26.0 Å². The van der Waals surface area contributed by atoms with Crippen molar-refractivity contribution >= 4 is 22.7 Å². The maximum atomic E-state index is 12.7. The number of likely N-dealkylation sites (N-methyl/N-ethyl adjacent to an activating group) is 1. The fourth-order valence-corrected chi connectivity index (χ4v) is 3.34. The lowest BCUT2D eigenvalue weighted by atomic mass is 10.2. The third-order valence-electron chi connectivity index (χ3n) is 4.89. The van der Waals surface area contributed by atoms with Gasteiger partial charge in [-0.25, -0.2) is 0 Å². The van der Waals surface area contributed by atoms with E-state index in [1.165, 1.54) is 0 Å². The summed E-state index contributed by atoms with van der Waals surface area (Å²) in [4.78, 5) is 34.0. The van der Waals surface area contributed by atoms with E-state index in [0.29, 0.717) is 25.3 Å². The predicted octanol–water partition coefficient (Wildman–Crippen LogP) is 1.79. The van der Waals surface area contributed by atoms with Crippen LogP contribution in [0.25, 0.3) is 10.9 Å². The Kier molecular flexibility index (Phi) is 5.38. The molecule has 134 valence electrons. The van der Waals surface area contributed by atoms with Crippen molar-refractivity contribution in [3.63, 3.8) is 0 Å². The highest BCUT2D eigenvalue weighted by Gasteiger charge is 2.25. The van der Waals surface area contributed by atoms with Crippen molar-refractivity contribution in [2.24, 2.45) is 0 Å². The Morgan fingerprint density at radius 2 is 1.76 bits per heavy atom. The Labute approximate surface area is 148 Å². The van der Waals surface area contributed by atoms with Gasteiger partial charge in [0.2, 0.25) is 5.91 Å². The molecule has 0 saturated carbocycles. The van der Waals surface area contributed by atoms with Crippen molar-refractivity contribution in [1.29, 1.82) is 0 Å². The van der Waals surface area contributed by atoms with Crippen molar-refractivity contribution in [2.75, 3.05) is 45.8 Å². The third-order valence-corrected chi connectivity index (χ3v) is 4.89. The number of carbonyl (C=O) groups is 2. The molecule has 25 heavy (non-hydrogen) atoms. The molecule has 0 spiro atoms. The zero-order chi connectivity index (χ0) is 17.8. The quantitative estimate of drug-likeness (QED) is 0.901. The van der Waals surface area contributed by atoms with E-state index in [9.17, 15) is 9.59 Å². The number of nitrogens with one attached hydrogen (secondary N) is 1. The van der Waals surface area contributed by atoms with Gasteiger partial charge >= 0.3 is 0 Å². The molecule has 1 fully saturated rings. The number of piperazine rings is 1. The number of hydrogen-bond acceptors (Lipinski definition) is 3. The summed E-state index contributed by atoms with van der Waals surface area (Å²) >= 11 is 0. The van der Waals surface area contributed by atoms with E-state index in [0.717, 1.165) is 37.1 Å². The maximum Gasteiger partial charge on any atom is 0.270 e. The first-order valence-corrected chi connectivity index (χ1v) is 8.99. The molecular weight excluding hydrogens is 316 g/mol. The van der Waals surface area contributed by atoms with Gasteiger partial charge < -0.3 is 14.8 Å². The van der Waals surface area contributed by atoms with Gasteiger partial charge in [-0.3, -0.25) is 14.5 Å². The molecular formula is C19H26N4O2. The topological polar surface area (TPSA) is 59.7 Å². The Hall–Kier alpha value is -2.34. The maximum absolute atomic E-state index is 12.7. The minimum absolute atomic E-state index is 0.0333. The predicted molar refractivity (Wildman–Crippen MR) is 98.6 cm³/mol. The first-order chi connectivity index (χ1) is 12.1. The van der Waals surface area contributed by atoms with Crippen LogP contribution in [-0.2, 0) is 4.79 Å². The van der Waals surface area contributed by atoms with E-state index in [1.807, 2.05) is 54.0 Å². The Morgan fingerprint density at radius 1 is 1.08 bits per heavy atom. The van der Waals surface area contributed by atoms with Crippen LogP contribution in [0.3, 0.4) is 0 Å². The first kappa shape index (κ1) is 17.5. The number of H-pyrrole nitrogens is 1. The van der Waals surface area contributed by atoms with Gasteiger partial charge in [-0.2, -0.15) is 0 Å². The zero-order valence-electron chi connectivity index (χ0n) is 15.0. The van der Waals surface area contributed by atoms with Gasteiger partial charge in [-0.1, -0.05) is 18.2 Å². The molecule has 0 aliphatic carbocycles. The molecule has 1 aliphatic rings. The second-order valence-electron chi connectivity index (χ2n) is 6.40. The molecule has 0 bridgehead atoms. The molecule has 0 unspecified atom stereocenters. The van der Waals surface area contributed by atoms with E-state index < -0.39 is 0 Å². The smallest absolute Gasteiger partial charge is 0.270 e. The van der Waals surface area contributed by atoms with Crippen molar-refractivity contribution in [3.8, 4) is 0 Å². The SMILES string of the molecule is CCN(CC)C(=O)CN1CCN(C(=O)c2cc3ccccc3[nH]2)CC1. The van der Waals surface area contributed by atoms with E-state index >= 15 is 0 Å². The standard InChI is InChI=1S/C19H26N4O2/c1-3-22(4-2)18(24)14-21-9-11-23(12-10-21)19(25)17-13-15-7-5-6-8-16(15)20-17/h5-8,13,20H,3-4,9-12,14H2,1-2H3. The summed E-state index contributed by atoms with van der Waals surface area (Å²) in [5.74, 6) is 0.200. The molecule has 2 aromatic rings. The molecule has 1 N–H and O–H groups in total. The number of rotatable bonds is 5. The second kappa shape index (κ2) is 7.70. The lowest BCUT2D eigenvalue weighted by molar-refractivity contribution is -0.132. The van der Waals surface area contributed by atoms with Crippen LogP contribution in [0, 0.1) is 0 Å². The normalized spacial score (nSPS) is 15.5. The number of para-hydroxylation sites is 1. The summed E-state index contributed by atoms with van der Waals surface area (Å²) in [6.45, 7) is 8.70. The highest BCUT2D eigenvalue weighted by molar-refractivity contribution is 5.98. The second-order valence-corrected chi connectivity index (χ2v) is 6.40. The number of nitrogens with zero attached hydrogens (tertiary/aromatic N) is 3. The Morgan fingerprint density at radius 3 is 2.40 bits per heavy atom. The van der Waals surface area contributed by atoms with Gasteiger partial charge in [0.15, 0.2) is 0 Å². The van der Waals surface area contributed by atoms with Crippen molar-refractivity contribution in [3.05, 3.63) is 36.0 Å². The molecule has 1 aromatic carbocycles. The van der Waals surface area contributed by atoms with Crippen molar-refractivity contribution < 1.29 is 9.59 Å². The lowest BCUT2D eigenvalue weighted by Gasteiger charge is -2.35. The van der Waals surface area contributed by atoms with Crippen LogP contribution in [0.4, 0.5) is 0 Å². The molecule has 2 amide bonds. The summed E-state index contributed by atoms with van der Waals surface area (Å²) in [6, 6.07) is 9.81. The van der Waals surface area contributed by atoms with Gasteiger partial charge in [0.05, 0.1) is 6.54 Å². The van der Waals surface area contributed by atoms with Crippen LogP contribution < -0.4 is 0 Å². The van der Waals surface area contributed by atoms with Crippen LogP contribution in [0.5, 0.6) is 0 Å². The highest BCUT2D eigenvalue weighted by Crippen LogP contribution is 2.16. The lowest BCUT2D eigenvalue weighted by Crippen LogP contribution is -2.51. The van der Waals surface area contributed by atoms with Crippen LogP contribution in [0.1, 0.15) is 24.3 Å². The molecule has 6 heteroatoms. The number of carbonyl (C=O) groups excluding carboxylic acids is 2. The van der Waals surface area contributed by atoms with E-state index in [4.69, 9.17) is 0 Å². The van der Waals surface area contributed by atoms with Gasteiger partial charge in [0.1, 0.15) is 5.69 Å². The minimum atomic E-state index is 0.0333. The van der Waals surface area contributed by atoms with Crippen LogP contribution in [0.2, 0.25) is 0 Å². The van der Waals surface area contributed by atoms with Gasteiger partial charge in [-0.15, -0.1) is 0 Å². The van der Waals surface area contributed by atoms with Gasteiger partial charge in [0, 0.05) is 50.2 Å². The minimum Gasteiger partial charge on any atom is -0.351 e. The third kappa shape index (κ3) is 3.85. The number of amides is 2. The molecule has 2 heterocycles. The van der Waals surface area contributed by atoms with Crippen LogP contribution in [-0.4, -0.2) is 77.3 Å². The fourth-order valence-electron chi connectivity index (χ4n) is 3.34. The molecule has 0 radical (unpaired) electrons. The molecule has 6 nitrogen and oxygen atoms in total. The highest BCUT2D eigenvalue weighted by atomic mass is 16.2. The fraction of sp³-hybridized carbons (Fsp3) is 0.474. The molecule has 3 rings (SSSR count). The summed E-state index contributed by atoms with van der Waals surface area (Å²) in [7, 11) is 0.